The summed E-state index contributed by atoms with van der Waals surface area (Å²) in [4.78, 5) is 10.2. The fourth-order valence-electron chi connectivity index (χ4n) is 9.36. The molecule has 1 heterocycles. The smallest absolute Gasteiger partial charge is 0.160 e. The maximum Gasteiger partial charge on any atom is 0.160 e. The van der Waals surface area contributed by atoms with Crippen molar-refractivity contribution >= 4 is 0 Å². The zero-order valence-electron chi connectivity index (χ0n) is 33.5. The van der Waals surface area contributed by atoms with Gasteiger partial charge in [-0.3, -0.25) is 0 Å². The highest BCUT2D eigenvalue weighted by Gasteiger charge is 2.46. The standard InChI is InChI=1S/C59H40N2/c1-5-17-41(18-6-1)42-31-35-44(36-32-42)55-40-56(61-58(60-55)46-19-7-2-8-20-46)45-37-33-43(34-38-45)47-21-15-22-48(39-47)51-28-16-30-54-57(51)52-27-13-14-29-53(52)59(54,49-23-9-3-10-24-49)50-25-11-4-12-26-50/h1-40H. The number of nitrogens with zero attached hydrogens (tertiary/aromatic N) is 2. The summed E-state index contributed by atoms with van der Waals surface area (Å²) in [6.45, 7) is 0. The molecule has 1 aliphatic rings. The molecule has 0 N–H and O–H groups in total. The molecule has 0 fully saturated rings. The van der Waals surface area contributed by atoms with Crippen molar-refractivity contribution in [2.45, 2.75) is 5.41 Å². The fourth-order valence-corrected chi connectivity index (χ4v) is 9.36. The van der Waals surface area contributed by atoms with Crippen LogP contribution in [-0.4, -0.2) is 9.97 Å². The van der Waals surface area contributed by atoms with E-state index in [1.54, 1.807) is 0 Å². The average molecular weight is 777 g/mol. The van der Waals surface area contributed by atoms with E-state index in [-0.39, 0.29) is 0 Å². The third-order valence-corrected chi connectivity index (χ3v) is 12.2. The number of hydrogen-bond donors (Lipinski definition) is 0. The van der Waals surface area contributed by atoms with Gasteiger partial charge in [0.2, 0.25) is 0 Å². The quantitative estimate of drug-likeness (QED) is 0.154. The normalized spacial score (nSPS) is 12.4. The van der Waals surface area contributed by atoms with Crippen molar-refractivity contribution in [2.24, 2.45) is 0 Å². The van der Waals surface area contributed by atoms with Crippen LogP contribution < -0.4 is 0 Å². The van der Waals surface area contributed by atoms with E-state index in [0.29, 0.717) is 5.82 Å². The van der Waals surface area contributed by atoms with Crippen LogP contribution in [0.25, 0.3) is 78.4 Å². The first-order valence-corrected chi connectivity index (χ1v) is 20.9. The number of rotatable bonds is 8. The van der Waals surface area contributed by atoms with Gasteiger partial charge in [0.25, 0.3) is 0 Å². The Kier molecular flexibility index (Phi) is 9.09. The lowest BCUT2D eigenvalue weighted by molar-refractivity contribution is 0.768. The van der Waals surface area contributed by atoms with E-state index in [1.165, 1.54) is 55.6 Å². The molecule has 11 rings (SSSR count). The summed E-state index contributed by atoms with van der Waals surface area (Å²) in [5.74, 6) is 0.706. The lowest BCUT2D eigenvalue weighted by atomic mass is 9.67. The summed E-state index contributed by atoms with van der Waals surface area (Å²) in [7, 11) is 0. The Balaban J connectivity index is 0.975. The van der Waals surface area contributed by atoms with Crippen molar-refractivity contribution in [3.63, 3.8) is 0 Å². The van der Waals surface area contributed by atoms with E-state index >= 15 is 0 Å². The van der Waals surface area contributed by atoms with Crippen molar-refractivity contribution < 1.29 is 0 Å². The summed E-state index contributed by atoms with van der Waals surface area (Å²) < 4.78 is 0. The number of fused-ring (bicyclic) bond motifs is 3. The number of aromatic nitrogens is 2. The molecule has 1 aliphatic carbocycles. The van der Waals surface area contributed by atoms with Crippen LogP contribution in [0.2, 0.25) is 0 Å². The van der Waals surface area contributed by atoms with Gasteiger partial charge in [-0.05, 0) is 78.9 Å². The summed E-state index contributed by atoms with van der Waals surface area (Å²) in [6.07, 6.45) is 0. The van der Waals surface area contributed by atoms with Crippen LogP contribution in [-0.2, 0) is 5.41 Å². The fraction of sp³-hybridized carbons (Fsp3) is 0.0169. The largest absolute Gasteiger partial charge is 0.228 e. The van der Waals surface area contributed by atoms with Gasteiger partial charge in [-0.25, -0.2) is 9.97 Å². The van der Waals surface area contributed by atoms with Gasteiger partial charge in [0.05, 0.1) is 16.8 Å². The monoisotopic (exact) mass is 776 g/mol. The minimum Gasteiger partial charge on any atom is -0.228 e. The van der Waals surface area contributed by atoms with E-state index in [2.05, 4.69) is 218 Å². The molecule has 0 spiro atoms. The molecule has 0 aliphatic heterocycles. The van der Waals surface area contributed by atoms with Crippen molar-refractivity contribution in [3.8, 4) is 78.4 Å². The second-order valence-electron chi connectivity index (χ2n) is 15.7. The maximum absolute atomic E-state index is 5.12. The maximum atomic E-state index is 5.12. The zero-order chi connectivity index (χ0) is 40.6. The number of hydrogen-bond acceptors (Lipinski definition) is 2. The molecule has 9 aromatic carbocycles. The molecule has 0 atom stereocenters. The lowest BCUT2D eigenvalue weighted by Crippen LogP contribution is -2.28. The van der Waals surface area contributed by atoms with Crippen LogP contribution in [0.5, 0.6) is 0 Å². The third kappa shape index (κ3) is 6.37. The first-order valence-electron chi connectivity index (χ1n) is 20.9. The van der Waals surface area contributed by atoms with E-state index in [1.807, 2.05) is 24.3 Å². The molecule has 2 heteroatoms. The first kappa shape index (κ1) is 36.2. The van der Waals surface area contributed by atoms with Gasteiger partial charge < -0.3 is 0 Å². The van der Waals surface area contributed by atoms with Crippen LogP contribution in [0.1, 0.15) is 22.3 Å². The molecule has 0 amide bonds. The minimum atomic E-state index is -0.440. The molecule has 61 heavy (non-hydrogen) atoms. The Morgan fingerprint density at radius 1 is 0.262 bits per heavy atom. The average Bonchev–Trinajstić information content (AvgIpc) is 3.66. The first-order chi connectivity index (χ1) is 30.2. The molecule has 0 saturated carbocycles. The predicted octanol–water partition coefficient (Wildman–Crippen LogP) is 14.8. The van der Waals surface area contributed by atoms with E-state index in [0.717, 1.165) is 39.2 Å². The van der Waals surface area contributed by atoms with Gasteiger partial charge in [-0.1, -0.05) is 231 Å². The van der Waals surface area contributed by atoms with E-state index in [4.69, 9.17) is 9.97 Å². The summed E-state index contributed by atoms with van der Waals surface area (Å²) in [6, 6.07) is 87.1. The Bertz CT molecular complexity index is 3100. The second kappa shape index (κ2) is 15.3. The molecule has 286 valence electrons. The Labute approximate surface area is 357 Å². The third-order valence-electron chi connectivity index (χ3n) is 12.2. The molecular weight excluding hydrogens is 737 g/mol. The van der Waals surface area contributed by atoms with E-state index in [9.17, 15) is 0 Å². The summed E-state index contributed by atoms with van der Waals surface area (Å²) in [5.41, 5.74) is 19.3. The highest BCUT2D eigenvalue weighted by Crippen LogP contribution is 2.58. The minimum absolute atomic E-state index is 0.440. The van der Waals surface area contributed by atoms with Gasteiger partial charge >= 0.3 is 0 Å². The van der Waals surface area contributed by atoms with Crippen LogP contribution >= 0.6 is 0 Å². The Morgan fingerprint density at radius 2 is 0.672 bits per heavy atom. The molecule has 0 radical (unpaired) electrons. The van der Waals surface area contributed by atoms with Gasteiger partial charge in [-0.2, -0.15) is 0 Å². The van der Waals surface area contributed by atoms with Crippen LogP contribution in [0.4, 0.5) is 0 Å². The van der Waals surface area contributed by atoms with Crippen molar-refractivity contribution in [3.05, 3.63) is 265 Å². The lowest BCUT2D eigenvalue weighted by Gasteiger charge is -2.34. The van der Waals surface area contributed by atoms with Crippen LogP contribution in [0.3, 0.4) is 0 Å². The Hall–Kier alpha value is -7.94. The molecule has 2 nitrogen and oxygen atoms in total. The summed E-state index contributed by atoms with van der Waals surface area (Å²) in [5, 5.41) is 0. The summed E-state index contributed by atoms with van der Waals surface area (Å²) >= 11 is 0. The van der Waals surface area contributed by atoms with Crippen molar-refractivity contribution in [1.29, 1.82) is 0 Å². The van der Waals surface area contributed by atoms with Crippen LogP contribution in [0.15, 0.2) is 243 Å². The van der Waals surface area contributed by atoms with Gasteiger partial charge in [0.15, 0.2) is 5.82 Å². The topological polar surface area (TPSA) is 25.8 Å². The highest BCUT2D eigenvalue weighted by atomic mass is 14.9. The van der Waals surface area contributed by atoms with Crippen LogP contribution in [0, 0.1) is 0 Å². The molecule has 0 bridgehead atoms. The van der Waals surface area contributed by atoms with Crippen molar-refractivity contribution in [2.75, 3.05) is 0 Å². The van der Waals surface area contributed by atoms with Crippen molar-refractivity contribution in [1.82, 2.24) is 9.97 Å². The van der Waals surface area contributed by atoms with Gasteiger partial charge in [-0.15, -0.1) is 0 Å². The molecule has 10 aromatic rings. The zero-order valence-corrected chi connectivity index (χ0v) is 33.5. The molecule has 0 unspecified atom stereocenters. The van der Waals surface area contributed by atoms with E-state index < -0.39 is 5.41 Å². The molecular formula is C59H40N2. The Morgan fingerprint density at radius 3 is 1.28 bits per heavy atom. The molecule has 1 aromatic heterocycles. The molecule has 0 saturated heterocycles. The predicted molar refractivity (Wildman–Crippen MR) is 252 cm³/mol. The number of benzene rings is 9. The second-order valence-corrected chi connectivity index (χ2v) is 15.7. The highest BCUT2D eigenvalue weighted by molar-refractivity contribution is 5.96. The van der Waals surface area contributed by atoms with Gasteiger partial charge in [0, 0.05) is 16.7 Å². The van der Waals surface area contributed by atoms with Gasteiger partial charge in [0.1, 0.15) is 0 Å². The SMILES string of the molecule is c1ccc(-c2ccc(-c3cc(-c4ccc(-c5cccc(-c6cccc7c6-c6ccccc6C7(c6ccccc6)c6ccccc6)c5)cc4)nc(-c4ccccc4)n3)cc2)cc1.